The number of amides is 2. The van der Waals surface area contributed by atoms with Crippen molar-refractivity contribution < 1.29 is 13.2 Å². The van der Waals surface area contributed by atoms with Crippen LogP contribution in [0.5, 0.6) is 0 Å². The van der Waals surface area contributed by atoms with Gasteiger partial charge < -0.3 is 15.1 Å². The van der Waals surface area contributed by atoms with Gasteiger partial charge in [0.2, 0.25) is 10.0 Å². The Balaban J connectivity index is 1.80. The van der Waals surface area contributed by atoms with E-state index in [1.165, 1.54) is 4.31 Å². The molecule has 1 atom stereocenters. The summed E-state index contributed by atoms with van der Waals surface area (Å²) in [5.74, 6) is 0. The number of carbonyl (C=O) groups is 1. The second kappa shape index (κ2) is 9.34. The van der Waals surface area contributed by atoms with Gasteiger partial charge in [0, 0.05) is 45.3 Å². The second-order valence-corrected chi connectivity index (χ2v) is 8.61. The van der Waals surface area contributed by atoms with Gasteiger partial charge in [-0.3, -0.25) is 0 Å². The summed E-state index contributed by atoms with van der Waals surface area (Å²) in [5, 5.41) is 2.92. The predicted octanol–water partition coefficient (Wildman–Crippen LogP) is 1.43. The molecule has 1 aromatic rings. The van der Waals surface area contributed by atoms with Crippen molar-refractivity contribution in [1.29, 1.82) is 0 Å². The van der Waals surface area contributed by atoms with Gasteiger partial charge in [-0.2, -0.15) is 4.31 Å². The molecule has 8 heteroatoms. The van der Waals surface area contributed by atoms with Crippen molar-refractivity contribution >= 4 is 16.1 Å². The van der Waals surface area contributed by atoms with Crippen LogP contribution in [0, 0.1) is 0 Å². The van der Waals surface area contributed by atoms with Crippen molar-refractivity contribution in [2.24, 2.45) is 0 Å². The molecule has 2 amide bonds. The van der Waals surface area contributed by atoms with Crippen LogP contribution in [0.1, 0.15) is 20.3 Å². The summed E-state index contributed by atoms with van der Waals surface area (Å²) in [6.45, 7) is 7.12. The van der Waals surface area contributed by atoms with Crippen LogP contribution in [-0.4, -0.2) is 80.9 Å². The molecular weight excluding hydrogens is 352 g/mol. The molecule has 0 spiro atoms. The summed E-state index contributed by atoms with van der Waals surface area (Å²) in [6, 6.07) is 8.78. The highest BCUT2D eigenvalue weighted by molar-refractivity contribution is 7.89. The number of rotatable bonds is 7. The molecular formula is C18H30N4O3S. The zero-order valence-corrected chi connectivity index (χ0v) is 16.7. The smallest absolute Gasteiger partial charge is 0.317 e. The van der Waals surface area contributed by atoms with Crippen molar-refractivity contribution in [3.05, 3.63) is 30.3 Å². The van der Waals surface area contributed by atoms with E-state index >= 15 is 0 Å². The van der Waals surface area contributed by atoms with Crippen molar-refractivity contribution in [2.75, 3.05) is 46.3 Å². The molecule has 1 heterocycles. The molecule has 26 heavy (non-hydrogen) atoms. The molecule has 1 fully saturated rings. The summed E-state index contributed by atoms with van der Waals surface area (Å²) in [4.78, 5) is 16.5. The summed E-state index contributed by atoms with van der Waals surface area (Å²) in [7, 11) is -1.43. The van der Waals surface area contributed by atoms with Gasteiger partial charge in [0.25, 0.3) is 0 Å². The van der Waals surface area contributed by atoms with E-state index in [0.29, 0.717) is 43.7 Å². The van der Waals surface area contributed by atoms with Crippen molar-refractivity contribution in [3.8, 4) is 0 Å². The largest absolute Gasteiger partial charge is 0.337 e. The molecule has 1 unspecified atom stereocenters. The number of likely N-dealkylation sites (N-methyl/N-ethyl adjacent to an activating group) is 1. The Morgan fingerprint density at radius 2 is 1.81 bits per heavy atom. The molecule has 7 nitrogen and oxygen atoms in total. The van der Waals surface area contributed by atoms with Gasteiger partial charge in [-0.1, -0.05) is 25.1 Å². The fraction of sp³-hybridized carbons (Fsp3) is 0.611. The Kier molecular flexibility index (Phi) is 7.43. The Labute approximate surface area is 157 Å². The van der Waals surface area contributed by atoms with Gasteiger partial charge in [0.1, 0.15) is 0 Å². The van der Waals surface area contributed by atoms with Gasteiger partial charge in [0.15, 0.2) is 0 Å². The van der Waals surface area contributed by atoms with Crippen LogP contribution in [0.4, 0.5) is 4.79 Å². The minimum absolute atomic E-state index is 0.126. The molecule has 0 bridgehead atoms. The molecule has 2 rings (SSSR count). The van der Waals surface area contributed by atoms with E-state index in [0.717, 1.165) is 13.0 Å². The first-order chi connectivity index (χ1) is 12.4. The molecule has 1 aliphatic heterocycles. The van der Waals surface area contributed by atoms with Gasteiger partial charge in [-0.25, -0.2) is 13.2 Å². The van der Waals surface area contributed by atoms with Crippen LogP contribution < -0.4 is 5.32 Å². The molecule has 0 radical (unpaired) electrons. The number of benzene rings is 1. The summed E-state index contributed by atoms with van der Waals surface area (Å²) in [6.07, 6.45) is 1.07. The van der Waals surface area contributed by atoms with E-state index < -0.39 is 10.0 Å². The minimum atomic E-state index is -3.48. The average Bonchev–Trinajstić information content (AvgIpc) is 2.67. The van der Waals surface area contributed by atoms with Gasteiger partial charge in [0.05, 0.1) is 4.90 Å². The average molecular weight is 383 g/mol. The van der Waals surface area contributed by atoms with Crippen LogP contribution in [0.3, 0.4) is 0 Å². The molecule has 1 aliphatic rings. The highest BCUT2D eigenvalue weighted by Crippen LogP contribution is 2.17. The zero-order valence-electron chi connectivity index (χ0n) is 15.9. The fourth-order valence-corrected chi connectivity index (χ4v) is 4.30. The van der Waals surface area contributed by atoms with Gasteiger partial charge in [-0.05, 0) is 32.5 Å². The standard InChI is InChI=1S/C18H30N4O3S/c1-4-16(2)20(3)11-10-19-18(23)21-12-14-22(15-13-21)26(24,25)17-8-6-5-7-9-17/h5-9,16H,4,10-15H2,1-3H3,(H,19,23). The number of hydrogen-bond donors (Lipinski definition) is 1. The molecule has 1 aromatic carbocycles. The quantitative estimate of drug-likeness (QED) is 0.774. The lowest BCUT2D eigenvalue weighted by Gasteiger charge is -2.34. The minimum Gasteiger partial charge on any atom is -0.337 e. The second-order valence-electron chi connectivity index (χ2n) is 6.67. The van der Waals surface area contributed by atoms with Crippen LogP contribution >= 0.6 is 0 Å². The number of sulfonamides is 1. The van der Waals surface area contributed by atoms with Gasteiger partial charge in [-0.15, -0.1) is 0 Å². The number of carbonyl (C=O) groups excluding carboxylic acids is 1. The number of nitrogens with zero attached hydrogens (tertiary/aromatic N) is 3. The van der Waals surface area contributed by atoms with Crippen LogP contribution in [0.2, 0.25) is 0 Å². The topological polar surface area (TPSA) is 73.0 Å². The highest BCUT2D eigenvalue weighted by atomic mass is 32.2. The number of hydrogen-bond acceptors (Lipinski definition) is 4. The fourth-order valence-electron chi connectivity index (χ4n) is 2.86. The van der Waals surface area contributed by atoms with Gasteiger partial charge >= 0.3 is 6.03 Å². The third-order valence-electron chi connectivity index (χ3n) is 4.99. The third kappa shape index (κ3) is 5.18. The first kappa shape index (κ1) is 20.7. The molecule has 1 saturated heterocycles. The lowest BCUT2D eigenvalue weighted by molar-refractivity contribution is 0.169. The maximum Gasteiger partial charge on any atom is 0.317 e. The van der Waals surface area contributed by atoms with E-state index in [-0.39, 0.29) is 6.03 Å². The Hall–Kier alpha value is -1.64. The summed E-state index contributed by atoms with van der Waals surface area (Å²) in [5.41, 5.74) is 0. The molecule has 146 valence electrons. The Bertz CT molecular complexity index is 673. The van der Waals surface area contributed by atoms with E-state index in [9.17, 15) is 13.2 Å². The van der Waals surface area contributed by atoms with Crippen LogP contribution in [0.15, 0.2) is 35.2 Å². The third-order valence-corrected chi connectivity index (χ3v) is 6.90. The van der Waals surface area contributed by atoms with E-state index in [1.54, 1.807) is 35.2 Å². The maximum atomic E-state index is 12.6. The lowest BCUT2D eigenvalue weighted by atomic mass is 10.2. The predicted molar refractivity (Wildman–Crippen MR) is 103 cm³/mol. The maximum absolute atomic E-state index is 12.6. The van der Waals surface area contributed by atoms with Crippen molar-refractivity contribution in [1.82, 2.24) is 19.4 Å². The van der Waals surface area contributed by atoms with Crippen molar-refractivity contribution in [2.45, 2.75) is 31.2 Å². The SMILES string of the molecule is CCC(C)N(C)CCNC(=O)N1CCN(S(=O)(=O)c2ccccc2)CC1. The molecule has 0 aromatic heterocycles. The monoisotopic (exact) mass is 382 g/mol. The molecule has 0 saturated carbocycles. The normalized spacial score (nSPS) is 17.3. The molecule has 1 N–H and O–H groups in total. The van der Waals surface area contributed by atoms with Crippen LogP contribution in [-0.2, 0) is 10.0 Å². The van der Waals surface area contributed by atoms with Crippen molar-refractivity contribution in [3.63, 3.8) is 0 Å². The number of urea groups is 1. The first-order valence-electron chi connectivity index (χ1n) is 9.14. The lowest BCUT2D eigenvalue weighted by Crippen LogP contribution is -2.53. The highest BCUT2D eigenvalue weighted by Gasteiger charge is 2.29. The Morgan fingerprint density at radius 1 is 1.19 bits per heavy atom. The number of nitrogens with one attached hydrogen (secondary N) is 1. The first-order valence-corrected chi connectivity index (χ1v) is 10.6. The van der Waals surface area contributed by atoms with E-state index in [4.69, 9.17) is 0 Å². The van der Waals surface area contributed by atoms with E-state index in [2.05, 4.69) is 24.1 Å². The summed E-state index contributed by atoms with van der Waals surface area (Å²) < 4.78 is 26.7. The number of piperazine rings is 1. The zero-order chi connectivity index (χ0) is 19.2. The molecule has 0 aliphatic carbocycles. The van der Waals surface area contributed by atoms with E-state index in [1.807, 2.05) is 7.05 Å². The Morgan fingerprint density at radius 3 is 2.38 bits per heavy atom. The van der Waals surface area contributed by atoms with Crippen LogP contribution in [0.25, 0.3) is 0 Å². The summed E-state index contributed by atoms with van der Waals surface area (Å²) >= 11 is 0.